The average molecular weight is 426 g/mol. The van der Waals surface area contributed by atoms with Gasteiger partial charge in [0.1, 0.15) is 16.4 Å². The summed E-state index contributed by atoms with van der Waals surface area (Å²) in [5.74, 6) is 0.305. The smallest absolute Gasteiger partial charge is 0.387 e. The molecule has 29 heavy (non-hydrogen) atoms. The summed E-state index contributed by atoms with van der Waals surface area (Å²) in [6.45, 7) is -1.30. The van der Waals surface area contributed by atoms with E-state index in [1.165, 1.54) is 24.3 Å². The van der Waals surface area contributed by atoms with Crippen LogP contribution in [0.1, 0.15) is 24.4 Å². The number of rotatable bonds is 9. The molecule has 0 spiro atoms. The first-order valence-electron chi connectivity index (χ1n) is 9.32. The standard InChI is InChI=1S/C20H24F2N2O4S/c1-27-16-8-6-7-15(13-16)17(24-11-4-5-12-24)14-23-29(25,26)19-10-3-2-9-18(19)28-20(21)22/h2-3,6-10,13,17,20,23H,4-5,11-12,14H2,1H3. The number of hydrogen-bond acceptors (Lipinski definition) is 5. The highest BCUT2D eigenvalue weighted by molar-refractivity contribution is 7.89. The number of ether oxygens (including phenoxy) is 2. The Morgan fingerprint density at radius 1 is 1.10 bits per heavy atom. The van der Waals surface area contributed by atoms with E-state index >= 15 is 0 Å². The number of nitrogens with zero attached hydrogens (tertiary/aromatic N) is 1. The molecule has 0 amide bonds. The van der Waals surface area contributed by atoms with Crippen LogP contribution in [0.3, 0.4) is 0 Å². The molecule has 158 valence electrons. The summed E-state index contributed by atoms with van der Waals surface area (Å²) < 4.78 is 63.2. The number of alkyl halides is 2. The van der Waals surface area contributed by atoms with Gasteiger partial charge in [0.25, 0.3) is 0 Å². The number of sulfonamides is 1. The number of methoxy groups -OCH3 is 1. The van der Waals surface area contributed by atoms with E-state index < -0.39 is 16.6 Å². The Morgan fingerprint density at radius 3 is 2.52 bits per heavy atom. The molecule has 1 N–H and O–H groups in total. The predicted octanol–water partition coefficient (Wildman–Crippen LogP) is 3.41. The van der Waals surface area contributed by atoms with Crippen LogP contribution in [0.15, 0.2) is 53.4 Å². The normalized spacial score (nSPS) is 16.1. The number of likely N-dealkylation sites (tertiary alicyclic amines) is 1. The van der Waals surface area contributed by atoms with Crippen LogP contribution in [0, 0.1) is 0 Å². The molecule has 1 saturated heterocycles. The highest BCUT2D eigenvalue weighted by Crippen LogP contribution is 2.29. The third-order valence-corrected chi connectivity index (χ3v) is 6.34. The number of halogens is 2. The van der Waals surface area contributed by atoms with Gasteiger partial charge in [0, 0.05) is 12.6 Å². The molecule has 1 fully saturated rings. The molecule has 0 aliphatic carbocycles. The van der Waals surface area contributed by atoms with Gasteiger partial charge >= 0.3 is 6.61 Å². The van der Waals surface area contributed by atoms with Crippen molar-refractivity contribution < 1.29 is 26.7 Å². The topological polar surface area (TPSA) is 67.9 Å². The zero-order chi connectivity index (χ0) is 20.9. The van der Waals surface area contributed by atoms with Crippen molar-refractivity contribution >= 4 is 10.0 Å². The Hall–Kier alpha value is -2.23. The zero-order valence-corrected chi connectivity index (χ0v) is 16.9. The van der Waals surface area contributed by atoms with E-state index in [-0.39, 0.29) is 23.2 Å². The van der Waals surface area contributed by atoms with E-state index in [0.717, 1.165) is 31.5 Å². The lowest BCUT2D eigenvalue weighted by Gasteiger charge is -2.28. The van der Waals surface area contributed by atoms with E-state index in [1.807, 2.05) is 24.3 Å². The van der Waals surface area contributed by atoms with Crippen LogP contribution in [-0.4, -0.2) is 46.7 Å². The maximum absolute atomic E-state index is 12.8. The fourth-order valence-electron chi connectivity index (χ4n) is 3.49. The number of hydrogen-bond donors (Lipinski definition) is 1. The van der Waals surface area contributed by atoms with E-state index in [0.29, 0.717) is 5.75 Å². The second kappa shape index (κ2) is 9.51. The van der Waals surface area contributed by atoms with Crippen molar-refractivity contribution in [3.05, 3.63) is 54.1 Å². The molecule has 2 aromatic rings. The Balaban J connectivity index is 1.83. The minimum absolute atomic E-state index is 0.0957. The molecule has 1 unspecified atom stereocenters. The number of benzene rings is 2. The van der Waals surface area contributed by atoms with Gasteiger partial charge in [-0.1, -0.05) is 24.3 Å². The average Bonchev–Trinajstić information content (AvgIpc) is 3.22. The molecule has 0 saturated carbocycles. The van der Waals surface area contributed by atoms with Crippen molar-refractivity contribution in [2.75, 3.05) is 26.7 Å². The molecule has 1 aliphatic rings. The fourth-order valence-corrected chi connectivity index (χ4v) is 4.66. The van der Waals surface area contributed by atoms with Crippen molar-refractivity contribution in [2.24, 2.45) is 0 Å². The van der Waals surface area contributed by atoms with Crippen molar-refractivity contribution in [3.8, 4) is 11.5 Å². The summed E-state index contributed by atoms with van der Waals surface area (Å²) >= 11 is 0. The fraction of sp³-hybridized carbons (Fsp3) is 0.400. The van der Waals surface area contributed by atoms with Crippen LogP contribution in [0.25, 0.3) is 0 Å². The van der Waals surface area contributed by atoms with Crippen LogP contribution in [-0.2, 0) is 10.0 Å². The van der Waals surface area contributed by atoms with Gasteiger partial charge < -0.3 is 9.47 Å². The van der Waals surface area contributed by atoms with E-state index in [2.05, 4.69) is 14.4 Å². The van der Waals surface area contributed by atoms with Crippen molar-refractivity contribution in [1.29, 1.82) is 0 Å². The second-order valence-corrected chi connectivity index (χ2v) is 8.45. The lowest BCUT2D eigenvalue weighted by atomic mass is 10.1. The Kier molecular flexibility index (Phi) is 7.05. The summed E-state index contributed by atoms with van der Waals surface area (Å²) in [4.78, 5) is 1.89. The largest absolute Gasteiger partial charge is 0.497 e. The molecule has 6 nitrogen and oxygen atoms in total. The van der Waals surface area contributed by atoms with Crippen LogP contribution < -0.4 is 14.2 Å². The molecular weight excluding hydrogens is 402 g/mol. The Bertz CT molecular complexity index is 918. The summed E-state index contributed by atoms with van der Waals surface area (Å²) in [5, 5.41) is 0. The van der Waals surface area contributed by atoms with Gasteiger partial charge in [-0.2, -0.15) is 8.78 Å². The highest BCUT2D eigenvalue weighted by atomic mass is 32.2. The third kappa shape index (κ3) is 5.43. The van der Waals surface area contributed by atoms with Crippen LogP contribution in [0.2, 0.25) is 0 Å². The van der Waals surface area contributed by atoms with Crippen LogP contribution >= 0.6 is 0 Å². The van der Waals surface area contributed by atoms with Gasteiger partial charge in [0.05, 0.1) is 7.11 Å². The van der Waals surface area contributed by atoms with Gasteiger partial charge in [-0.3, -0.25) is 4.90 Å². The molecule has 0 bridgehead atoms. The van der Waals surface area contributed by atoms with Crippen molar-refractivity contribution in [1.82, 2.24) is 9.62 Å². The summed E-state index contributed by atoms with van der Waals surface area (Å²) in [6, 6.07) is 12.7. The van der Waals surface area contributed by atoms with Crippen molar-refractivity contribution in [3.63, 3.8) is 0 Å². The number of para-hydroxylation sites is 1. The minimum Gasteiger partial charge on any atom is -0.497 e. The molecule has 1 aliphatic heterocycles. The van der Waals surface area contributed by atoms with Crippen molar-refractivity contribution in [2.45, 2.75) is 30.4 Å². The van der Waals surface area contributed by atoms with Crippen LogP contribution in [0.5, 0.6) is 11.5 Å². The molecule has 2 aromatic carbocycles. The molecule has 0 radical (unpaired) electrons. The Labute approximate surface area is 169 Å². The SMILES string of the molecule is COc1cccc(C(CNS(=O)(=O)c2ccccc2OC(F)F)N2CCCC2)c1. The third-order valence-electron chi connectivity index (χ3n) is 4.88. The van der Waals surface area contributed by atoms with Gasteiger partial charge in [0.15, 0.2) is 0 Å². The van der Waals surface area contributed by atoms with E-state index in [1.54, 1.807) is 7.11 Å². The lowest BCUT2D eigenvalue weighted by molar-refractivity contribution is -0.0517. The van der Waals surface area contributed by atoms with E-state index in [4.69, 9.17) is 4.74 Å². The summed E-state index contributed by atoms with van der Waals surface area (Å²) in [6.07, 6.45) is 2.08. The summed E-state index contributed by atoms with van der Waals surface area (Å²) in [5.41, 5.74) is 0.922. The molecule has 3 rings (SSSR count). The minimum atomic E-state index is -4.05. The number of nitrogens with one attached hydrogen (secondary N) is 1. The van der Waals surface area contributed by atoms with E-state index in [9.17, 15) is 17.2 Å². The highest BCUT2D eigenvalue weighted by Gasteiger charge is 2.27. The quantitative estimate of drug-likeness (QED) is 0.666. The zero-order valence-electron chi connectivity index (χ0n) is 16.1. The van der Waals surface area contributed by atoms with Crippen LogP contribution in [0.4, 0.5) is 8.78 Å². The second-order valence-electron chi connectivity index (χ2n) is 6.71. The molecule has 1 heterocycles. The van der Waals surface area contributed by atoms with Gasteiger partial charge in [-0.15, -0.1) is 0 Å². The summed E-state index contributed by atoms with van der Waals surface area (Å²) in [7, 11) is -2.48. The van der Waals surface area contributed by atoms with Gasteiger partial charge in [-0.25, -0.2) is 13.1 Å². The first kappa shape index (κ1) is 21.5. The first-order chi connectivity index (χ1) is 13.9. The predicted molar refractivity (Wildman–Crippen MR) is 105 cm³/mol. The van der Waals surface area contributed by atoms with Gasteiger partial charge in [-0.05, 0) is 55.8 Å². The molecule has 1 atom stereocenters. The van der Waals surface area contributed by atoms with Gasteiger partial charge in [0.2, 0.25) is 10.0 Å². The lowest BCUT2D eigenvalue weighted by Crippen LogP contribution is -2.37. The molecule has 0 aromatic heterocycles. The maximum atomic E-state index is 12.8. The molecule has 9 heteroatoms. The monoisotopic (exact) mass is 426 g/mol. The first-order valence-corrected chi connectivity index (χ1v) is 10.8. The molecular formula is C20H24F2N2O4S. The Morgan fingerprint density at radius 2 is 1.83 bits per heavy atom. The maximum Gasteiger partial charge on any atom is 0.387 e.